The highest BCUT2D eigenvalue weighted by Crippen LogP contribution is 2.16. The number of sulfonamides is 1. The summed E-state index contributed by atoms with van der Waals surface area (Å²) < 4.78 is 35.7. The topological polar surface area (TPSA) is 84.5 Å². The lowest BCUT2D eigenvalue weighted by molar-refractivity contribution is 0.375. The highest BCUT2D eigenvalue weighted by molar-refractivity contribution is 7.89. The molecule has 0 spiro atoms. The fourth-order valence-corrected chi connectivity index (χ4v) is 2.26. The number of nitrogens with one attached hydrogen (secondary N) is 2. The van der Waals surface area contributed by atoms with Crippen LogP contribution in [0.15, 0.2) is 44.5 Å². The lowest BCUT2D eigenvalue weighted by Gasteiger charge is -2.09. The molecule has 0 bridgehead atoms. The third-order valence-corrected chi connectivity index (χ3v) is 4.01. The van der Waals surface area contributed by atoms with E-state index in [2.05, 4.69) is 10.0 Å². The van der Waals surface area contributed by atoms with Crippen molar-refractivity contribution in [3.05, 3.63) is 42.0 Å². The van der Waals surface area contributed by atoms with Crippen molar-refractivity contribution >= 4 is 10.0 Å². The molecule has 2 rings (SSSR count). The summed E-state index contributed by atoms with van der Waals surface area (Å²) in [4.78, 5) is 0. The number of furan rings is 2. The third-order valence-electron chi connectivity index (χ3n) is 2.72. The maximum Gasteiger partial charge on any atom is 0.273 e. The molecule has 2 aromatic rings. The van der Waals surface area contributed by atoms with E-state index >= 15 is 0 Å². The molecule has 1 atom stereocenters. The van der Waals surface area contributed by atoms with Gasteiger partial charge in [-0.25, -0.2) is 13.1 Å². The summed E-state index contributed by atoms with van der Waals surface area (Å²) in [5.41, 5.74) is 0. The fraction of sp³-hybridized carbons (Fsp3) is 0.333. The number of hydrogen-bond donors (Lipinski definition) is 2. The Morgan fingerprint density at radius 2 is 2.11 bits per heavy atom. The summed E-state index contributed by atoms with van der Waals surface area (Å²) in [5, 5.41) is 3.10. The summed E-state index contributed by atoms with van der Waals surface area (Å²) in [7, 11) is -2.18. The van der Waals surface area contributed by atoms with Crippen LogP contribution in [0.25, 0.3) is 0 Å². The van der Waals surface area contributed by atoms with Crippen molar-refractivity contribution in [3.63, 3.8) is 0 Å². The number of hydrogen-bond acceptors (Lipinski definition) is 5. The molecule has 0 aromatic carbocycles. The standard InChI is InChI=1S/C12H16N2O4S/c1-9(11-4-3-7-17-11)14-8-10-5-6-12(18-10)19(15,16)13-2/h3-7,9,13-14H,8H2,1-2H3/t9-/m1/s1. The Kier molecular flexibility index (Phi) is 4.08. The molecule has 2 heterocycles. The molecule has 0 radical (unpaired) electrons. The minimum atomic E-state index is -3.52. The molecule has 0 saturated carbocycles. The van der Waals surface area contributed by atoms with Crippen LogP contribution in [-0.2, 0) is 16.6 Å². The monoisotopic (exact) mass is 284 g/mol. The lowest BCUT2D eigenvalue weighted by atomic mass is 10.2. The van der Waals surface area contributed by atoms with Gasteiger partial charge in [-0.1, -0.05) is 0 Å². The summed E-state index contributed by atoms with van der Waals surface area (Å²) >= 11 is 0. The van der Waals surface area contributed by atoms with Gasteiger partial charge in [-0.15, -0.1) is 0 Å². The lowest BCUT2D eigenvalue weighted by Crippen LogP contribution is -2.18. The third kappa shape index (κ3) is 3.25. The molecule has 19 heavy (non-hydrogen) atoms. The smallest absolute Gasteiger partial charge is 0.273 e. The zero-order valence-electron chi connectivity index (χ0n) is 10.7. The first-order valence-electron chi connectivity index (χ1n) is 5.82. The normalized spacial score (nSPS) is 13.6. The molecule has 0 aliphatic heterocycles. The highest BCUT2D eigenvalue weighted by atomic mass is 32.2. The SMILES string of the molecule is CNS(=O)(=O)c1ccc(CN[C@H](C)c2ccco2)o1. The molecule has 0 aliphatic rings. The largest absolute Gasteiger partial charge is 0.468 e. The fourth-order valence-electron chi connectivity index (χ4n) is 1.59. The summed E-state index contributed by atoms with van der Waals surface area (Å²) in [6.45, 7) is 2.37. The Hall–Kier alpha value is -1.57. The highest BCUT2D eigenvalue weighted by Gasteiger charge is 2.16. The van der Waals surface area contributed by atoms with Crippen LogP contribution in [-0.4, -0.2) is 15.5 Å². The van der Waals surface area contributed by atoms with Crippen LogP contribution in [0.3, 0.4) is 0 Å². The number of rotatable bonds is 6. The quantitative estimate of drug-likeness (QED) is 0.842. The Morgan fingerprint density at radius 1 is 1.32 bits per heavy atom. The first-order valence-corrected chi connectivity index (χ1v) is 7.30. The van der Waals surface area contributed by atoms with E-state index in [0.29, 0.717) is 12.3 Å². The van der Waals surface area contributed by atoms with Gasteiger partial charge in [0.15, 0.2) is 0 Å². The van der Waals surface area contributed by atoms with Crippen LogP contribution in [0, 0.1) is 0 Å². The molecular weight excluding hydrogens is 268 g/mol. The predicted molar refractivity (Wildman–Crippen MR) is 68.9 cm³/mol. The maximum absolute atomic E-state index is 11.5. The molecule has 0 saturated heterocycles. The van der Waals surface area contributed by atoms with Gasteiger partial charge in [0.05, 0.1) is 18.8 Å². The molecule has 2 N–H and O–H groups in total. The van der Waals surface area contributed by atoms with Crippen LogP contribution in [0.5, 0.6) is 0 Å². The van der Waals surface area contributed by atoms with Gasteiger partial charge in [0.25, 0.3) is 10.0 Å². The molecule has 0 amide bonds. The van der Waals surface area contributed by atoms with E-state index < -0.39 is 10.0 Å². The van der Waals surface area contributed by atoms with Gasteiger partial charge in [-0.05, 0) is 38.2 Å². The molecule has 0 aliphatic carbocycles. The van der Waals surface area contributed by atoms with Crippen molar-refractivity contribution in [2.45, 2.75) is 24.6 Å². The van der Waals surface area contributed by atoms with Crippen molar-refractivity contribution in [3.8, 4) is 0 Å². The Balaban J connectivity index is 1.98. The Bertz CT molecular complexity index is 616. The first-order chi connectivity index (χ1) is 9.03. The van der Waals surface area contributed by atoms with E-state index in [4.69, 9.17) is 8.83 Å². The first kappa shape index (κ1) is 13.9. The second-order valence-corrected chi connectivity index (χ2v) is 5.86. The molecule has 0 unspecified atom stereocenters. The van der Waals surface area contributed by atoms with Gasteiger partial charge in [0.1, 0.15) is 11.5 Å². The van der Waals surface area contributed by atoms with Crippen molar-refractivity contribution in [1.82, 2.24) is 10.0 Å². The van der Waals surface area contributed by atoms with Crippen molar-refractivity contribution < 1.29 is 17.3 Å². The molecular formula is C12H16N2O4S. The van der Waals surface area contributed by atoms with Crippen LogP contribution < -0.4 is 10.0 Å². The second kappa shape index (κ2) is 5.60. The van der Waals surface area contributed by atoms with Gasteiger partial charge in [-0.3, -0.25) is 0 Å². The van der Waals surface area contributed by atoms with Gasteiger partial charge in [-0.2, -0.15) is 0 Å². The average Bonchev–Trinajstić information content (AvgIpc) is 3.07. The van der Waals surface area contributed by atoms with Gasteiger partial charge >= 0.3 is 0 Å². The van der Waals surface area contributed by atoms with Crippen LogP contribution in [0.4, 0.5) is 0 Å². The van der Waals surface area contributed by atoms with Crippen molar-refractivity contribution in [2.75, 3.05) is 7.05 Å². The summed E-state index contributed by atoms with van der Waals surface area (Å²) in [6.07, 6.45) is 1.61. The van der Waals surface area contributed by atoms with E-state index in [1.807, 2.05) is 19.1 Å². The van der Waals surface area contributed by atoms with Gasteiger partial charge in [0.2, 0.25) is 5.09 Å². The molecule has 104 valence electrons. The van der Waals surface area contributed by atoms with Crippen molar-refractivity contribution in [2.24, 2.45) is 0 Å². The van der Waals surface area contributed by atoms with E-state index in [9.17, 15) is 8.42 Å². The maximum atomic E-state index is 11.5. The van der Waals surface area contributed by atoms with Crippen LogP contribution in [0.1, 0.15) is 24.5 Å². The predicted octanol–water partition coefficient (Wildman–Crippen LogP) is 1.63. The van der Waals surface area contributed by atoms with Crippen LogP contribution in [0.2, 0.25) is 0 Å². The second-order valence-electron chi connectivity index (χ2n) is 4.05. The van der Waals surface area contributed by atoms with Crippen LogP contribution >= 0.6 is 0 Å². The molecule has 7 heteroatoms. The van der Waals surface area contributed by atoms with Crippen molar-refractivity contribution in [1.29, 1.82) is 0 Å². The van der Waals surface area contributed by atoms with E-state index in [0.717, 1.165) is 5.76 Å². The summed E-state index contributed by atoms with van der Waals surface area (Å²) in [6, 6.07) is 6.77. The summed E-state index contributed by atoms with van der Waals surface area (Å²) in [5.74, 6) is 1.36. The van der Waals surface area contributed by atoms with E-state index in [1.54, 1.807) is 12.3 Å². The van der Waals surface area contributed by atoms with Gasteiger partial charge in [0, 0.05) is 0 Å². The minimum absolute atomic E-state index is 0.0180. The molecule has 2 aromatic heterocycles. The zero-order valence-corrected chi connectivity index (χ0v) is 11.5. The van der Waals surface area contributed by atoms with E-state index in [1.165, 1.54) is 13.1 Å². The van der Waals surface area contributed by atoms with Gasteiger partial charge < -0.3 is 14.2 Å². The Labute approximate surface area is 111 Å². The zero-order chi connectivity index (χ0) is 13.9. The average molecular weight is 284 g/mol. The molecule has 6 nitrogen and oxygen atoms in total. The Morgan fingerprint density at radius 3 is 2.74 bits per heavy atom. The molecule has 0 fully saturated rings. The minimum Gasteiger partial charge on any atom is -0.468 e. The van der Waals surface area contributed by atoms with E-state index in [-0.39, 0.29) is 11.1 Å².